The number of unbranched alkanes of at least 4 members (excludes halogenated alkanes) is 10. The van der Waals surface area contributed by atoms with Crippen LogP contribution in [0.15, 0.2) is 24.3 Å². The predicted molar refractivity (Wildman–Crippen MR) is 165 cm³/mol. The fourth-order valence-electron chi connectivity index (χ4n) is 7.25. The van der Waals surface area contributed by atoms with Gasteiger partial charge in [-0.25, -0.2) is 0 Å². The molecule has 0 heterocycles. The van der Waals surface area contributed by atoms with Gasteiger partial charge in [-0.1, -0.05) is 149 Å². The second kappa shape index (κ2) is 15.1. The van der Waals surface area contributed by atoms with Crippen LogP contribution in [0.4, 0.5) is 0 Å². The van der Waals surface area contributed by atoms with Crippen molar-refractivity contribution >= 4 is 0 Å². The van der Waals surface area contributed by atoms with Gasteiger partial charge in [0.15, 0.2) is 0 Å². The number of hydrogen-bond acceptors (Lipinski definition) is 1. The molecule has 0 saturated heterocycles. The smallest absolute Gasteiger partial charge is 0.0478 e. The van der Waals surface area contributed by atoms with Gasteiger partial charge in [0.25, 0.3) is 0 Å². The Labute approximate surface area is 229 Å². The van der Waals surface area contributed by atoms with Crippen LogP contribution >= 0.6 is 0 Å². The summed E-state index contributed by atoms with van der Waals surface area (Å²) in [6.45, 7) is 27.5. The maximum atomic E-state index is 2.82. The molecule has 0 radical (unpaired) electrons. The highest BCUT2D eigenvalue weighted by Crippen LogP contribution is 2.58. The van der Waals surface area contributed by atoms with Crippen molar-refractivity contribution in [1.29, 1.82) is 0 Å². The first-order valence-electron chi connectivity index (χ1n) is 15.9. The summed E-state index contributed by atoms with van der Waals surface area (Å²) in [5.41, 5.74) is 0.582. The van der Waals surface area contributed by atoms with E-state index in [-0.39, 0.29) is 16.5 Å². The van der Waals surface area contributed by atoms with Crippen LogP contribution in [0.3, 0.4) is 0 Å². The van der Waals surface area contributed by atoms with Crippen molar-refractivity contribution in [3.05, 3.63) is 24.3 Å². The van der Waals surface area contributed by atoms with Gasteiger partial charge in [-0.3, -0.25) is 4.90 Å². The first kappa shape index (κ1) is 33.5. The summed E-state index contributed by atoms with van der Waals surface area (Å²) < 4.78 is 0. The topological polar surface area (TPSA) is 3.24 Å². The molecule has 1 heteroatoms. The Morgan fingerprint density at radius 2 is 1.08 bits per heavy atom. The summed E-state index contributed by atoms with van der Waals surface area (Å²) in [7, 11) is 0. The summed E-state index contributed by atoms with van der Waals surface area (Å²) in [4.78, 5) is 2.82. The van der Waals surface area contributed by atoms with Crippen molar-refractivity contribution in [3.8, 4) is 0 Å². The van der Waals surface area contributed by atoms with Crippen LogP contribution in [-0.4, -0.2) is 22.0 Å². The summed E-state index contributed by atoms with van der Waals surface area (Å²) in [5.74, 6) is 0.727. The number of nitrogens with zero attached hydrogens (tertiary/aromatic N) is 1. The zero-order chi connectivity index (χ0) is 27.5. The van der Waals surface area contributed by atoms with E-state index in [1.807, 2.05) is 0 Å². The first-order valence-corrected chi connectivity index (χ1v) is 15.9. The monoisotopic (exact) mass is 502 g/mol. The molecule has 0 aromatic heterocycles. The maximum Gasteiger partial charge on any atom is 0.0478 e. The molecule has 36 heavy (non-hydrogen) atoms. The molecule has 0 fully saturated rings. The molecule has 0 saturated carbocycles. The van der Waals surface area contributed by atoms with Gasteiger partial charge in [0.05, 0.1) is 0 Å². The highest BCUT2D eigenvalue weighted by Gasteiger charge is 2.56. The molecule has 0 aliphatic heterocycles. The van der Waals surface area contributed by atoms with Crippen molar-refractivity contribution in [2.24, 2.45) is 16.7 Å². The van der Waals surface area contributed by atoms with Crippen molar-refractivity contribution in [3.63, 3.8) is 0 Å². The summed E-state index contributed by atoms with van der Waals surface area (Å²) in [6, 6.07) is 0.381. The highest BCUT2D eigenvalue weighted by atomic mass is 15.3. The molecule has 1 aliphatic carbocycles. The molecule has 0 bridgehead atoms. The number of rotatable bonds is 19. The minimum atomic E-state index is 0.0432. The van der Waals surface area contributed by atoms with E-state index < -0.39 is 0 Å². The van der Waals surface area contributed by atoms with E-state index in [0.717, 1.165) is 5.92 Å². The van der Waals surface area contributed by atoms with Gasteiger partial charge in [0.1, 0.15) is 0 Å². The molecule has 212 valence electrons. The van der Waals surface area contributed by atoms with Crippen LogP contribution in [0.25, 0.3) is 0 Å². The molecular weight excluding hydrogens is 434 g/mol. The van der Waals surface area contributed by atoms with Gasteiger partial charge in [-0.2, -0.15) is 0 Å². The molecule has 1 aliphatic rings. The fraction of sp³-hybridized carbons (Fsp3) is 0.886. The van der Waals surface area contributed by atoms with Crippen LogP contribution in [0, 0.1) is 16.7 Å². The maximum absolute atomic E-state index is 2.82. The van der Waals surface area contributed by atoms with E-state index in [1.54, 1.807) is 0 Å². The van der Waals surface area contributed by atoms with Crippen molar-refractivity contribution in [1.82, 2.24) is 4.90 Å². The van der Waals surface area contributed by atoms with Gasteiger partial charge in [0.2, 0.25) is 0 Å². The Bertz CT molecular complexity index is 634. The molecule has 1 rings (SSSR count). The zero-order valence-electron chi connectivity index (χ0n) is 26.8. The molecular formula is C35H67N. The number of allylic oxidation sites excluding steroid dienone is 2. The Kier molecular flexibility index (Phi) is 14.1. The molecule has 0 amide bonds. The van der Waals surface area contributed by atoms with Gasteiger partial charge >= 0.3 is 0 Å². The van der Waals surface area contributed by atoms with E-state index >= 15 is 0 Å². The highest BCUT2D eigenvalue weighted by molar-refractivity contribution is 5.25. The Morgan fingerprint density at radius 3 is 1.56 bits per heavy atom. The Balaban J connectivity index is 3.14. The quantitative estimate of drug-likeness (QED) is 0.159. The molecule has 1 nitrogen and oxygen atoms in total. The van der Waals surface area contributed by atoms with Gasteiger partial charge < -0.3 is 0 Å². The van der Waals surface area contributed by atoms with Crippen LogP contribution < -0.4 is 0 Å². The lowest BCUT2D eigenvalue weighted by atomic mass is 9.50. The molecule has 0 N–H and O–H groups in total. The van der Waals surface area contributed by atoms with E-state index in [1.165, 1.54) is 89.9 Å². The van der Waals surface area contributed by atoms with Crippen molar-refractivity contribution in [2.45, 2.75) is 183 Å². The lowest BCUT2D eigenvalue weighted by Crippen LogP contribution is -2.67. The standard InChI is InChI=1S/C35H67N/c1-12-14-16-18-19-20-21-25-29-35(11,30(3)26-22-17-15-13-2)33(7,8)34(9,10)36(32(4,5)6)31-27-23-24-28-31/h23-24,27-28,30-31H,12-22,25-26,29H2,1-11H3. The lowest BCUT2D eigenvalue weighted by molar-refractivity contribution is -0.132. The molecule has 0 aromatic carbocycles. The molecule has 2 unspecified atom stereocenters. The molecule has 2 atom stereocenters. The third-order valence-electron chi connectivity index (χ3n) is 10.4. The van der Waals surface area contributed by atoms with Crippen LogP contribution in [0.1, 0.15) is 166 Å². The fourth-order valence-corrected chi connectivity index (χ4v) is 7.25. The van der Waals surface area contributed by atoms with Gasteiger partial charge in [0, 0.05) is 17.1 Å². The van der Waals surface area contributed by atoms with E-state index in [2.05, 4.69) is 105 Å². The van der Waals surface area contributed by atoms with E-state index in [4.69, 9.17) is 0 Å². The SMILES string of the molecule is CCCCCCCCCCC(C)(C(C)CCCCCC)C(C)(C)C(C)(C)N(C1C=CC=C1)C(C)(C)C. The average Bonchev–Trinajstić information content (AvgIpc) is 3.30. The minimum absolute atomic E-state index is 0.0432. The summed E-state index contributed by atoms with van der Waals surface area (Å²) in [6.07, 6.45) is 28.7. The van der Waals surface area contributed by atoms with Crippen molar-refractivity contribution < 1.29 is 0 Å². The van der Waals surface area contributed by atoms with Gasteiger partial charge in [-0.05, 0) is 57.8 Å². The van der Waals surface area contributed by atoms with E-state index in [0.29, 0.717) is 11.5 Å². The average molecular weight is 502 g/mol. The summed E-state index contributed by atoms with van der Waals surface area (Å²) >= 11 is 0. The summed E-state index contributed by atoms with van der Waals surface area (Å²) in [5, 5.41) is 0. The second-order valence-corrected chi connectivity index (χ2v) is 14.4. The van der Waals surface area contributed by atoms with Gasteiger partial charge in [-0.15, -0.1) is 0 Å². The Hall–Kier alpha value is -0.560. The normalized spacial score (nSPS) is 17.8. The van der Waals surface area contributed by atoms with Crippen LogP contribution in [-0.2, 0) is 0 Å². The largest absolute Gasteiger partial charge is 0.283 e. The van der Waals surface area contributed by atoms with Crippen molar-refractivity contribution in [2.75, 3.05) is 0 Å². The first-order chi connectivity index (χ1) is 16.8. The zero-order valence-corrected chi connectivity index (χ0v) is 26.8. The Morgan fingerprint density at radius 1 is 0.639 bits per heavy atom. The predicted octanol–water partition coefficient (Wildman–Crippen LogP) is 11.5. The third-order valence-corrected chi connectivity index (χ3v) is 10.4. The lowest BCUT2D eigenvalue weighted by Gasteiger charge is -2.63. The van der Waals surface area contributed by atoms with Crippen LogP contribution in [0.2, 0.25) is 0 Å². The van der Waals surface area contributed by atoms with E-state index in [9.17, 15) is 0 Å². The molecule has 0 spiro atoms. The molecule has 0 aromatic rings. The minimum Gasteiger partial charge on any atom is -0.283 e. The second-order valence-electron chi connectivity index (χ2n) is 14.4. The number of hydrogen-bond donors (Lipinski definition) is 0. The third kappa shape index (κ3) is 8.74. The van der Waals surface area contributed by atoms with Crippen LogP contribution in [0.5, 0.6) is 0 Å².